The van der Waals surface area contributed by atoms with Crippen LogP contribution in [0.15, 0.2) is 18.2 Å². The van der Waals surface area contributed by atoms with Crippen molar-refractivity contribution in [3.05, 3.63) is 29.3 Å². The molecule has 92 valence electrons. The lowest BCUT2D eigenvalue weighted by Gasteiger charge is -2.16. The molecule has 0 radical (unpaired) electrons. The number of benzene rings is 1. The number of carbonyl (C=O) groups is 1. The van der Waals surface area contributed by atoms with Crippen LogP contribution in [0.2, 0.25) is 0 Å². The van der Waals surface area contributed by atoms with Crippen LogP contribution in [-0.2, 0) is 0 Å². The second-order valence-corrected chi connectivity index (χ2v) is 4.74. The standard InChI is InChI=1S/C14H18O3/c15-13-11(8-5-9-12(13)14(16)17)10-6-3-1-2-4-7-10/h5,8-10,15H,1-4,6-7H2,(H,16,17). The molecule has 2 N–H and O–H groups in total. The van der Waals surface area contributed by atoms with E-state index >= 15 is 0 Å². The highest BCUT2D eigenvalue weighted by molar-refractivity contribution is 5.91. The minimum absolute atomic E-state index is 0.0201. The molecule has 1 aliphatic carbocycles. The molecular weight excluding hydrogens is 216 g/mol. The lowest BCUT2D eigenvalue weighted by Crippen LogP contribution is -2.03. The fourth-order valence-electron chi connectivity index (χ4n) is 2.65. The van der Waals surface area contributed by atoms with Gasteiger partial charge in [-0.1, -0.05) is 37.8 Å². The van der Waals surface area contributed by atoms with Crippen LogP contribution in [0.1, 0.15) is 60.4 Å². The largest absolute Gasteiger partial charge is 0.507 e. The van der Waals surface area contributed by atoms with E-state index in [2.05, 4.69) is 0 Å². The highest BCUT2D eigenvalue weighted by Gasteiger charge is 2.20. The third-order valence-corrected chi connectivity index (χ3v) is 3.59. The Kier molecular flexibility index (Phi) is 3.67. The van der Waals surface area contributed by atoms with Gasteiger partial charge in [0, 0.05) is 0 Å². The fourth-order valence-corrected chi connectivity index (χ4v) is 2.65. The molecule has 17 heavy (non-hydrogen) atoms. The Hall–Kier alpha value is -1.51. The Morgan fingerprint density at radius 2 is 1.76 bits per heavy atom. The van der Waals surface area contributed by atoms with Crippen molar-refractivity contribution in [2.24, 2.45) is 0 Å². The number of phenols is 1. The van der Waals surface area contributed by atoms with E-state index in [0.717, 1.165) is 18.4 Å². The molecule has 1 aromatic rings. The molecular formula is C14H18O3. The Balaban J connectivity index is 2.30. The van der Waals surface area contributed by atoms with Crippen molar-refractivity contribution >= 4 is 5.97 Å². The summed E-state index contributed by atoms with van der Waals surface area (Å²) < 4.78 is 0. The quantitative estimate of drug-likeness (QED) is 0.769. The third-order valence-electron chi connectivity index (χ3n) is 3.59. The summed E-state index contributed by atoms with van der Waals surface area (Å²) in [4.78, 5) is 11.0. The topological polar surface area (TPSA) is 57.5 Å². The zero-order valence-corrected chi connectivity index (χ0v) is 9.85. The zero-order valence-electron chi connectivity index (χ0n) is 9.85. The van der Waals surface area contributed by atoms with E-state index < -0.39 is 5.97 Å². The summed E-state index contributed by atoms with van der Waals surface area (Å²) in [6.07, 6.45) is 6.93. The van der Waals surface area contributed by atoms with E-state index in [1.165, 1.54) is 31.7 Å². The van der Waals surface area contributed by atoms with Gasteiger partial charge in [-0.2, -0.15) is 0 Å². The van der Waals surface area contributed by atoms with Gasteiger partial charge < -0.3 is 10.2 Å². The van der Waals surface area contributed by atoms with Gasteiger partial charge >= 0.3 is 5.97 Å². The minimum atomic E-state index is -1.06. The monoisotopic (exact) mass is 234 g/mol. The number of carboxylic acid groups (broad SMARTS) is 1. The van der Waals surface area contributed by atoms with Gasteiger partial charge in [0.05, 0.1) is 0 Å². The normalized spacial score (nSPS) is 17.6. The third kappa shape index (κ3) is 2.60. The summed E-state index contributed by atoms with van der Waals surface area (Å²) in [5.74, 6) is -0.776. The van der Waals surface area contributed by atoms with Crippen LogP contribution in [0, 0.1) is 0 Å². The Morgan fingerprint density at radius 3 is 2.35 bits per heavy atom. The summed E-state index contributed by atoms with van der Waals surface area (Å²) in [7, 11) is 0. The molecule has 0 bridgehead atoms. The molecule has 0 saturated heterocycles. The lowest BCUT2D eigenvalue weighted by molar-refractivity contribution is 0.0693. The maximum absolute atomic E-state index is 11.0. The van der Waals surface area contributed by atoms with Crippen molar-refractivity contribution in [2.75, 3.05) is 0 Å². The zero-order chi connectivity index (χ0) is 12.3. The van der Waals surface area contributed by atoms with Crippen LogP contribution in [0.4, 0.5) is 0 Å². The Bertz CT molecular complexity index is 404. The molecule has 3 nitrogen and oxygen atoms in total. The van der Waals surface area contributed by atoms with Crippen molar-refractivity contribution < 1.29 is 15.0 Å². The molecule has 3 heteroatoms. The molecule has 0 aliphatic heterocycles. The maximum atomic E-state index is 11.0. The summed E-state index contributed by atoms with van der Waals surface area (Å²) in [5, 5.41) is 19.0. The first kappa shape index (κ1) is 12.0. The SMILES string of the molecule is O=C(O)c1cccc(C2CCCCCC2)c1O. The van der Waals surface area contributed by atoms with Crippen molar-refractivity contribution in [1.82, 2.24) is 0 Å². The van der Waals surface area contributed by atoms with Gasteiger partial charge in [-0.25, -0.2) is 4.79 Å². The summed E-state index contributed by atoms with van der Waals surface area (Å²) >= 11 is 0. The molecule has 0 heterocycles. The van der Waals surface area contributed by atoms with Crippen LogP contribution in [0.25, 0.3) is 0 Å². The number of para-hydroxylation sites is 1. The van der Waals surface area contributed by atoms with E-state index in [1.54, 1.807) is 6.07 Å². The molecule has 0 atom stereocenters. The first-order valence-corrected chi connectivity index (χ1v) is 6.25. The van der Waals surface area contributed by atoms with Gasteiger partial charge in [-0.05, 0) is 30.4 Å². The van der Waals surface area contributed by atoms with E-state index in [9.17, 15) is 9.90 Å². The van der Waals surface area contributed by atoms with Crippen molar-refractivity contribution in [3.8, 4) is 5.75 Å². The number of hydrogen-bond acceptors (Lipinski definition) is 2. The summed E-state index contributed by atoms with van der Waals surface area (Å²) in [6.45, 7) is 0. The van der Waals surface area contributed by atoms with Crippen LogP contribution in [0.5, 0.6) is 5.75 Å². The van der Waals surface area contributed by atoms with E-state index in [4.69, 9.17) is 5.11 Å². The molecule has 0 amide bonds. The minimum Gasteiger partial charge on any atom is -0.507 e. The van der Waals surface area contributed by atoms with Gasteiger partial charge in [-0.3, -0.25) is 0 Å². The van der Waals surface area contributed by atoms with Crippen molar-refractivity contribution in [3.63, 3.8) is 0 Å². The highest BCUT2D eigenvalue weighted by Crippen LogP contribution is 2.37. The summed E-state index contributed by atoms with van der Waals surface area (Å²) in [6, 6.07) is 5.04. The molecule has 0 spiro atoms. The Morgan fingerprint density at radius 1 is 1.12 bits per heavy atom. The van der Waals surface area contributed by atoms with E-state index in [1.807, 2.05) is 6.07 Å². The number of aromatic carboxylic acids is 1. The number of hydrogen-bond donors (Lipinski definition) is 2. The number of rotatable bonds is 2. The highest BCUT2D eigenvalue weighted by atomic mass is 16.4. The maximum Gasteiger partial charge on any atom is 0.339 e. The molecule has 1 fully saturated rings. The average molecular weight is 234 g/mol. The summed E-state index contributed by atoms with van der Waals surface area (Å²) in [5.41, 5.74) is 0.832. The van der Waals surface area contributed by atoms with E-state index in [0.29, 0.717) is 5.92 Å². The number of carboxylic acids is 1. The van der Waals surface area contributed by atoms with E-state index in [-0.39, 0.29) is 11.3 Å². The molecule has 1 aromatic carbocycles. The number of aromatic hydroxyl groups is 1. The molecule has 0 aromatic heterocycles. The predicted molar refractivity (Wildman–Crippen MR) is 65.5 cm³/mol. The molecule has 2 rings (SSSR count). The van der Waals surface area contributed by atoms with Crippen molar-refractivity contribution in [2.45, 2.75) is 44.4 Å². The Labute approximate surface area is 101 Å². The first-order valence-electron chi connectivity index (χ1n) is 6.25. The smallest absolute Gasteiger partial charge is 0.339 e. The van der Waals surface area contributed by atoms with Crippen LogP contribution >= 0.6 is 0 Å². The van der Waals surface area contributed by atoms with Gasteiger partial charge in [0.2, 0.25) is 0 Å². The van der Waals surface area contributed by atoms with Gasteiger partial charge in [0.25, 0.3) is 0 Å². The lowest BCUT2D eigenvalue weighted by atomic mass is 9.90. The second-order valence-electron chi connectivity index (χ2n) is 4.74. The average Bonchev–Trinajstić information content (AvgIpc) is 2.57. The van der Waals surface area contributed by atoms with Crippen LogP contribution < -0.4 is 0 Å². The molecule has 1 saturated carbocycles. The van der Waals surface area contributed by atoms with Gasteiger partial charge in [0.15, 0.2) is 0 Å². The van der Waals surface area contributed by atoms with Gasteiger partial charge in [0.1, 0.15) is 11.3 Å². The van der Waals surface area contributed by atoms with Crippen LogP contribution in [-0.4, -0.2) is 16.2 Å². The fraction of sp³-hybridized carbons (Fsp3) is 0.500. The molecule has 1 aliphatic rings. The first-order chi connectivity index (χ1) is 8.20. The predicted octanol–water partition coefficient (Wildman–Crippen LogP) is 3.53. The van der Waals surface area contributed by atoms with Crippen molar-refractivity contribution in [1.29, 1.82) is 0 Å². The van der Waals surface area contributed by atoms with Gasteiger partial charge in [-0.15, -0.1) is 0 Å². The molecule has 0 unspecified atom stereocenters. The van der Waals surface area contributed by atoms with Crippen LogP contribution in [0.3, 0.4) is 0 Å². The second kappa shape index (κ2) is 5.21.